The molecule has 0 aromatic heterocycles. The average Bonchev–Trinajstić information content (AvgIpc) is 2.42. The molecule has 3 N–H and O–H groups in total. The van der Waals surface area contributed by atoms with Crippen LogP contribution in [0.4, 0.5) is 5.69 Å². The van der Waals surface area contributed by atoms with Crippen LogP contribution >= 0.6 is 0 Å². The van der Waals surface area contributed by atoms with Crippen LogP contribution in [-0.2, 0) is 6.42 Å². The zero-order chi connectivity index (χ0) is 9.42. The number of hydrogen-bond donors (Lipinski definition) is 3. The molecule has 1 unspecified atom stereocenters. The van der Waals surface area contributed by atoms with Gasteiger partial charge < -0.3 is 15.5 Å². The van der Waals surface area contributed by atoms with Crippen molar-refractivity contribution in [3.63, 3.8) is 0 Å². The Hall–Kier alpha value is -1.55. The molecule has 13 heavy (non-hydrogen) atoms. The topological polar surface area (TPSA) is 69.6 Å². The van der Waals surface area contributed by atoms with Crippen LogP contribution in [0.1, 0.15) is 15.9 Å². The third-order valence-electron chi connectivity index (χ3n) is 2.09. The predicted molar refractivity (Wildman–Crippen MR) is 46.7 cm³/mol. The molecule has 0 fully saturated rings. The Balaban J connectivity index is 2.40. The summed E-state index contributed by atoms with van der Waals surface area (Å²) in [4.78, 5) is 10.6. The van der Waals surface area contributed by atoms with E-state index in [9.17, 15) is 9.90 Å². The molecule has 1 atom stereocenters. The minimum atomic E-state index is -0.953. The highest BCUT2D eigenvalue weighted by molar-refractivity contribution is 5.89. The molecule has 68 valence electrons. The van der Waals surface area contributed by atoms with E-state index in [2.05, 4.69) is 5.32 Å². The van der Waals surface area contributed by atoms with Gasteiger partial charge in [0, 0.05) is 12.1 Å². The van der Waals surface area contributed by atoms with Crippen molar-refractivity contribution in [1.29, 1.82) is 0 Å². The van der Waals surface area contributed by atoms with Crippen LogP contribution in [-0.4, -0.2) is 22.4 Å². The molecular weight excluding hydrogens is 170 g/mol. The van der Waals surface area contributed by atoms with Crippen molar-refractivity contribution >= 4 is 11.7 Å². The number of aliphatic hydroxyl groups is 1. The fourth-order valence-electron chi connectivity index (χ4n) is 1.46. The first-order valence-electron chi connectivity index (χ1n) is 3.97. The summed E-state index contributed by atoms with van der Waals surface area (Å²) in [7, 11) is 0. The quantitative estimate of drug-likeness (QED) is 0.592. The number of carboxylic acids is 1. The van der Waals surface area contributed by atoms with Crippen LogP contribution in [0.25, 0.3) is 0 Å². The maximum atomic E-state index is 10.6. The second-order valence-electron chi connectivity index (χ2n) is 3.04. The Morgan fingerprint density at radius 3 is 3.00 bits per heavy atom. The zero-order valence-electron chi connectivity index (χ0n) is 6.82. The lowest BCUT2D eigenvalue weighted by Crippen LogP contribution is -2.12. The number of carbonyl (C=O) groups is 1. The average molecular weight is 179 g/mol. The van der Waals surface area contributed by atoms with Gasteiger partial charge >= 0.3 is 5.97 Å². The minimum absolute atomic E-state index is 0.236. The van der Waals surface area contributed by atoms with Gasteiger partial charge in [-0.2, -0.15) is 0 Å². The van der Waals surface area contributed by atoms with Crippen molar-refractivity contribution in [3.05, 3.63) is 29.3 Å². The number of anilines is 1. The van der Waals surface area contributed by atoms with Gasteiger partial charge in [0.25, 0.3) is 0 Å². The van der Waals surface area contributed by atoms with E-state index in [1.807, 2.05) is 0 Å². The monoisotopic (exact) mass is 179 g/mol. The highest BCUT2D eigenvalue weighted by Gasteiger charge is 2.18. The summed E-state index contributed by atoms with van der Waals surface area (Å²) in [5.41, 5.74) is 1.91. The molecule has 0 saturated carbocycles. The van der Waals surface area contributed by atoms with Gasteiger partial charge in [-0.25, -0.2) is 4.79 Å². The van der Waals surface area contributed by atoms with Gasteiger partial charge in [0.15, 0.2) is 0 Å². The molecule has 0 spiro atoms. The van der Waals surface area contributed by atoms with E-state index in [-0.39, 0.29) is 5.56 Å². The van der Waals surface area contributed by atoms with E-state index in [0.29, 0.717) is 12.1 Å². The Kier molecular flexibility index (Phi) is 1.70. The van der Waals surface area contributed by atoms with Crippen molar-refractivity contribution in [1.82, 2.24) is 0 Å². The highest BCUT2D eigenvalue weighted by atomic mass is 16.4. The molecule has 0 amide bonds. The minimum Gasteiger partial charge on any atom is -0.478 e. The third kappa shape index (κ3) is 1.36. The first-order chi connectivity index (χ1) is 6.16. The molecule has 4 nitrogen and oxygen atoms in total. The van der Waals surface area contributed by atoms with Gasteiger partial charge in [0.2, 0.25) is 0 Å². The molecule has 1 aromatic rings. The molecule has 0 saturated heterocycles. The predicted octanol–water partition coefficient (Wildman–Crippen LogP) is 0.671. The maximum Gasteiger partial charge on any atom is 0.335 e. The molecule has 0 radical (unpaired) electrons. The van der Waals surface area contributed by atoms with E-state index in [1.165, 1.54) is 6.07 Å². The Morgan fingerprint density at radius 1 is 1.54 bits per heavy atom. The van der Waals surface area contributed by atoms with Gasteiger partial charge in [-0.05, 0) is 17.7 Å². The molecule has 4 heteroatoms. The first-order valence-corrected chi connectivity index (χ1v) is 3.97. The largest absolute Gasteiger partial charge is 0.478 e. The maximum absolute atomic E-state index is 10.6. The summed E-state index contributed by atoms with van der Waals surface area (Å²) >= 11 is 0. The normalized spacial score (nSPS) is 19.3. The van der Waals surface area contributed by atoms with Crippen molar-refractivity contribution < 1.29 is 15.0 Å². The lowest BCUT2D eigenvalue weighted by Gasteiger charge is -2.01. The Labute approximate surface area is 74.8 Å². The number of benzene rings is 1. The fourth-order valence-corrected chi connectivity index (χ4v) is 1.46. The van der Waals surface area contributed by atoms with E-state index in [1.54, 1.807) is 12.1 Å². The molecule has 1 heterocycles. The van der Waals surface area contributed by atoms with Crippen LogP contribution < -0.4 is 5.32 Å². The highest BCUT2D eigenvalue weighted by Crippen LogP contribution is 2.25. The Bertz CT molecular complexity index is 362. The summed E-state index contributed by atoms with van der Waals surface area (Å²) in [5, 5.41) is 20.7. The molecule has 0 bridgehead atoms. The van der Waals surface area contributed by atoms with Crippen LogP contribution in [0, 0.1) is 0 Å². The number of aromatic carboxylic acids is 1. The van der Waals surface area contributed by atoms with Crippen molar-refractivity contribution in [2.45, 2.75) is 12.6 Å². The van der Waals surface area contributed by atoms with Crippen LogP contribution in [0.15, 0.2) is 18.2 Å². The molecule has 1 aliphatic heterocycles. The van der Waals surface area contributed by atoms with E-state index < -0.39 is 12.2 Å². The number of carboxylic acid groups (broad SMARTS) is 1. The molecular formula is C9H9NO3. The Morgan fingerprint density at radius 2 is 2.31 bits per heavy atom. The zero-order valence-corrected chi connectivity index (χ0v) is 6.82. The number of rotatable bonds is 1. The standard InChI is InChI=1S/C9H9NO3/c11-8-4-5-1-2-6(9(12)13)3-7(5)10-8/h1-3,8,10-11H,4H2,(H,12,13). The SMILES string of the molecule is O=C(O)c1ccc2c(c1)NC(O)C2. The van der Waals surface area contributed by atoms with Crippen LogP contribution in [0.5, 0.6) is 0 Å². The molecule has 2 rings (SSSR count). The van der Waals surface area contributed by atoms with Gasteiger partial charge in [0.05, 0.1) is 5.56 Å². The lowest BCUT2D eigenvalue weighted by atomic mass is 10.1. The number of aliphatic hydroxyl groups excluding tert-OH is 1. The molecule has 1 aromatic carbocycles. The van der Waals surface area contributed by atoms with Crippen LogP contribution in [0.3, 0.4) is 0 Å². The fraction of sp³-hybridized carbons (Fsp3) is 0.222. The van der Waals surface area contributed by atoms with Gasteiger partial charge in [-0.15, -0.1) is 0 Å². The summed E-state index contributed by atoms with van der Waals surface area (Å²) in [5.74, 6) is -0.953. The first kappa shape index (κ1) is 8.07. The summed E-state index contributed by atoms with van der Waals surface area (Å²) in [6, 6.07) is 4.80. The number of nitrogens with one attached hydrogen (secondary N) is 1. The van der Waals surface area contributed by atoms with Crippen molar-refractivity contribution in [3.8, 4) is 0 Å². The van der Waals surface area contributed by atoms with Crippen LogP contribution in [0.2, 0.25) is 0 Å². The lowest BCUT2D eigenvalue weighted by molar-refractivity contribution is 0.0697. The van der Waals surface area contributed by atoms with Crippen molar-refractivity contribution in [2.24, 2.45) is 0 Å². The summed E-state index contributed by atoms with van der Waals surface area (Å²) < 4.78 is 0. The second kappa shape index (κ2) is 2.74. The van der Waals surface area contributed by atoms with Gasteiger partial charge in [-0.1, -0.05) is 6.07 Å². The summed E-state index contributed by atoms with van der Waals surface area (Å²) in [6.45, 7) is 0. The summed E-state index contributed by atoms with van der Waals surface area (Å²) in [6.07, 6.45) is -0.0473. The van der Waals surface area contributed by atoms with Gasteiger partial charge in [-0.3, -0.25) is 0 Å². The van der Waals surface area contributed by atoms with E-state index in [4.69, 9.17) is 5.11 Å². The molecule has 0 aliphatic carbocycles. The van der Waals surface area contributed by atoms with Crippen molar-refractivity contribution in [2.75, 3.05) is 5.32 Å². The second-order valence-corrected chi connectivity index (χ2v) is 3.04. The smallest absolute Gasteiger partial charge is 0.335 e. The third-order valence-corrected chi connectivity index (χ3v) is 2.09. The van der Waals surface area contributed by atoms with E-state index in [0.717, 1.165) is 5.56 Å². The molecule has 1 aliphatic rings. The number of fused-ring (bicyclic) bond motifs is 1. The van der Waals surface area contributed by atoms with Gasteiger partial charge in [0.1, 0.15) is 6.23 Å². The van der Waals surface area contributed by atoms with E-state index >= 15 is 0 Å². The number of hydrogen-bond acceptors (Lipinski definition) is 3.